The highest BCUT2D eigenvalue weighted by Crippen LogP contribution is 2.61. The molecule has 5 saturated carbocycles. The van der Waals surface area contributed by atoms with Crippen molar-refractivity contribution in [2.45, 2.75) is 70.0 Å². The van der Waals surface area contributed by atoms with Crippen LogP contribution in [0.15, 0.2) is 0 Å². The lowest BCUT2D eigenvalue weighted by atomic mass is 9.51. The largest absolute Gasteiger partial charge is 0.465 e. The van der Waals surface area contributed by atoms with E-state index in [2.05, 4.69) is 0 Å². The summed E-state index contributed by atoms with van der Waals surface area (Å²) in [6.45, 7) is -0.171. The number of fused-ring (bicyclic) bond motifs is 3. The topological polar surface area (TPSA) is 133 Å². The van der Waals surface area contributed by atoms with Gasteiger partial charge in [-0.15, -0.1) is 0 Å². The predicted molar refractivity (Wildman–Crippen MR) is 116 cm³/mol. The molecule has 0 aromatic carbocycles. The Labute approximate surface area is 199 Å². The van der Waals surface area contributed by atoms with E-state index in [1.54, 1.807) is 0 Å². The maximum atomic E-state index is 13.6. The summed E-state index contributed by atoms with van der Waals surface area (Å²) < 4.78 is 47.7. The van der Waals surface area contributed by atoms with Crippen molar-refractivity contribution >= 4 is 28.0 Å². The lowest BCUT2D eigenvalue weighted by Gasteiger charge is -2.53. The van der Waals surface area contributed by atoms with Crippen molar-refractivity contribution in [2.24, 2.45) is 46.8 Å². The van der Waals surface area contributed by atoms with Gasteiger partial charge in [0.25, 0.3) is 10.1 Å². The Morgan fingerprint density at radius 3 is 2.71 bits per heavy atom. The molecule has 1 heterocycles. The van der Waals surface area contributed by atoms with E-state index in [1.165, 1.54) is 19.3 Å². The highest BCUT2D eigenvalue weighted by atomic mass is 32.2. The maximum absolute atomic E-state index is 13.6. The van der Waals surface area contributed by atoms with Crippen LogP contribution in [0.4, 0.5) is 0 Å². The molecule has 0 amide bonds. The minimum absolute atomic E-state index is 0.0343. The van der Waals surface area contributed by atoms with Crippen molar-refractivity contribution in [1.29, 1.82) is 0 Å². The number of carbonyl (C=O) groups excluding carboxylic acids is 3. The Morgan fingerprint density at radius 1 is 1.09 bits per heavy atom. The minimum Gasteiger partial charge on any atom is -0.465 e. The fraction of sp³-hybridized carbons (Fsp3) is 0.875. The van der Waals surface area contributed by atoms with Crippen LogP contribution in [0.2, 0.25) is 0 Å². The van der Waals surface area contributed by atoms with Gasteiger partial charge in [0.05, 0.1) is 29.6 Å². The van der Waals surface area contributed by atoms with Gasteiger partial charge in [-0.1, -0.05) is 6.42 Å². The Morgan fingerprint density at radius 2 is 1.91 bits per heavy atom. The zero-order valence-electron chi connectivity index (χ0n) is 19.1. The van der Waals surface area contributed by atoms with Crippen molar-refractivity contribution in [2.75, 3.05) is 12.4 Å². The van der Waals surface area contributed by atoms with Crippen molar-refractivity contribution < 1.29 is 41.6 Å². The third kappa shape index (κ3) is 3.58. The van der Waals surface area contributed by atoms with Crippen LogP contribution >= 0.6 is 0 Å². The second kappa shape index (κ2) is 7.91. The number of ether oxygens (including phenoxy) is 3. The molecule has 5 bridgehead atoms. The summed E-state index contributed by atoms with van der Waals surface area (Å²) in [5, 5.41) is 0. The summed E-state index contributed by atoms with van der Waals surface area (Å²) in [5.74, 6) is -1.63. The van der Waals surface area contributed by atoms with E-state index in [4.69, 9.17) is 18.8 Å². The zero-order chi connectivity index (χ0) is 23.8. The third-order valence-corrected chi connectivity index (χ3v) is 10.7. The van der Waals surface area contributed by atoms with Crippen LogP contribution in [0.3, 0.4) is 0 Å². The highest BCUT2D eigenvalue weighted by Gasteiger charge is 2.70. The molecular weight excluding hydrogens is 464 g/mol. The Kier molecular flexibility index (Phi) is 5.30. The van der Waals surface area contributed by atoms with Gasteiger partial charge in [0.2, 0.25) is 0 Å². The Hall–Kier alpha value is -1.68. The maximum Gasteiger partial charge on any atom is 0.312 e. The van der Waals surface area contributed by atoms with Crippen molar-refractivity contribution in [1.82, 2.24) is 0 Å². The van der Waals surface area contributed by atoms with Crippen LogP contribution in [0.25, 0.3) is 0 Å². The van der Waals surface area contributed by atoms with Gasteiger partial charge in [0.15, 0.2) is 0 Å². The molecule has 0 spiro atoms. The monoisotopic (exact) mass is 496 g/mol. The lowest BCUT2D eigenvalue weighted by molar-refractivity contribution is -0.185. The first kappa shape index (κ1) is 22.8. The molecule has 0 aromatic heterocycles. The fourth-order valence-corrected chi connectivity index (χ4v) is 9.02. The van der Waals surface area contributed by atoms with E-state index >= 15 is 0 Å². The molecule has 5 aliphatic carbocycles. The van der Waals surface area contributed by atoms with Crippen LogP contribution < -0.4 is 0 Å². The van der Waals surface area contributed by atoms with E-state index in [0.29, 0.717) is 18.3 Å². The van der Waals surface area contributed by atoms with E-state index in [9.17, 15) is 22.8 Å². The number of rotatable bonds is 7. The number of hydrogen-bond donors (Lipinski definition) is 1. The molecule has 9 unspecified atom stereocenters. The molecular formula is C24H32O9S. The SMILES string of the molecule is O=C1OC2C3C[C@@H](C2OC(=O)C24CCC5CCC(CC5C2)C4)C(C(=O)OCCCS(=O)(=O)O)C13. The van der Waals surface area contributed by atoms with Gasteiger partial charge in [0.1, 0.15) is 12.2 Å². The standard InChI is InChI=1S/C24H32O9S/c25-21(31-6-1-7-34(28,29)30)17-15-9-16-18(17)22(26)32-19(16)20(15)33-23(27)24-5-4-13-3-2-12(10-24)8-14(13)11-24/h12-20H,1-11H2,(H,28,29,30)/t12?,13?,14?,15-,16?,17?,18?,19?,20?,24?/m1/s1. The van der Waals surface area contributed by atoms with Crippen LogP contribution in [0.5, 0.6) is 0 Å². The molecule has 1 aliphatic heterocycles. The molecule has 6 aliphatic rings. The average Bonchev–Trinajstić information content (AvgIpc) is 3.38. The summed E-state index contributed by atoms with van der Waals surface area (Å²) in [6, 6.07) is 0. The predicted octanol–water partition coefficient (Wildman–Crippen LogP) is 2.13. The number of esters is 3. The Balaban J connectivity index is 1.15. The van der Waals surface area contributed by atoms with Gasteiger partial charge < -0.3 is 14.2 Å². The first-order chi connectivity index (χ1) is 16.2. The highest BCUT2D eigenvalue weighted by molar-refractivity contribution is 7.85. The molecule has 6 fully saturated rings. The van der Waals surface area contributed by atoms with Crippen molar-refractivity contribution in [3.63, 3.8) is 0 Å². The van der Waals surface area contributed by atoms with Gasteiger partial charge in [-0.05, 0) is 69.1 Å². The van der Waals surface area contributed by atoms with Crippen LogP contribution in [-0.2, 0) is 38.7 Å². The molecule has 0 aromatic rings. The van der Waals surface area contributed by atoms with Crippen LogP contribution in [-0.4, -0.2) is 55.4 Å². The first-order valence-corrected chi connectivity index (χ1v) is 14.3. The number of hydrogen-bond acceptors (Lipinski definition) is 8. The van der Waals surface area contributed by atoms with E-state index in [-0.39, 0.29) is 30.8 Å². The molecule has 188 valence electrons. The molecule has 0 radical (unpaired) electrons. The summed E-state index contributed by atoms with van der Waals surface area (Å²) in [4.78, 5) is 39.1. The summed E-state index contributed by atoms with van der Waals surface area (Å²) in [6.07, 6.45) is 6.80. The average molecular weight is 497 g/mol. The zero-order valence-corrected chi connectivity index (χ0v) is 19.9. The van der Waals surface area contributed by atoms with Crippen molar-refractivity contribution in [3.8, 4) is 0 Å². The summed E-state index contributed by atoms with van der Waals surface area (Å²) in [7, 11) is -4.13. The van der Waals surface area contributed by atoms with Crippen LogP contribution in [0.1, 0.15) is 57.8 Å². The van der Waals surface area contributed by atoms with Gasteiger partial charge in [0, 0.05) is 11.8 Å². The minimum atomic E-state index is -4.13. The molecule has 10 atom stereocenters. The van der Waals surface area contributed by atoms with Gasteiger partial charge >= 0.3 is 17.9 Å². The second-order valence-corrected chi connectivity index (χ2v) is 13.2. The Bertz CT molecular complexity index is 1000. The van der Waals surface area contributed by atoms with Gasteiger partial charge in [-0.3, -0.25) is 18.9 Å². The lowest BCUT2D eigenvalue weighted by Crippen LogP contribution is -2.51. The smallest absolute Gasteiger partial charge is 0.312 e. The first-order valence-electron chi connectivity index (χ1n) is 12.7. The second-order valence-electron chi connectivity index (χ2n) is 11.6. The quantitative estimate of drug-likeness (QED) is 0.243. The molecule has 9 nitrogen and oxygen atoms in total. The number of carbonyl (C=O) groups is 3. The molecule has 34 heavy (non-hydrogen) atoms. The van der Waals surface area contributed by atoms with Crippen LogP contribution in [0, 0.1) is 46.8 Å². The van der Waals surface area contributed by atoms with E-state index in [1.807, 2.05) is 0 Å². The summed E-state index contributed by atoms with van der Waals surface area (Å²) in [5.41, 5.74) is -0.444. The van der Waals surface area contributed by atoms with Gasteiger partial charge in [-0.25, -0.2) is 0 Å². The van der Waals surface area contributed by atoms with Gasteiger partial charge in [-0.2, -0.15) is 8.42 Å². The third-order valence-electron chi connectivity index (χ3n) is 9.86. The fourth-order valence-electron chi connectivity index (χ4n) is 8.54. The van der Waals surface area contributed by atoms with E-state index < -0.39 is 57.3 Å². The molecule has 1 saturated heterocycles. The van der Waals surface area contributed by atoms with E-state index in [0.717, 1.165) is 31.6 Å². The van der Waals surface area contributed by atoms with Crippen molar-refractivity contribution in [3.05, 3.63) is 0 Å². The normalized spacial score (nSPS) is 45.8. The molecule has 1 N–H and O–H groups in total. The molecule has 6 rings (SSSR count). The summed E-state index contributed by atoms with van der Waals surface area (Å²) >= 11 is 0. The molecule has 10 heteroatoms.